The zero-order valence-corrected chi connectivity index (χ0v) is 13.4. The quantitative estimate of drug-likeness (QED) is 0.432. The van der Waals surface area contributed by atoms with E-state index in [0.29, 0.717) is 17.4 Å². The van der Waals surface area contributed by atoms with Crippen LogP contribution in [0, 0.1) is 0 Å². The predicted octanol–water partition coefficient (Wildman–Crippen LogP) is 2.46. The van der Waals surface area contributed by atoms with Crippen LogP contribution in [0.3, 0.4) is 0 Å². The van der Waals surface area contributed by atoms with Crippen LogP contribution < -0.4 is 0 Å². The minimum Gasteiger partial charge on any atom is -0.329 e. The molecule has 1 unspecified atom stereocenters. The van der Waals surface area contributed by atoms with E-state index in [0.717, 1.165) is 6.42 Å². The van der Waals surface area contributed by atoms with Crippen LogP contribution in [-0.2, 0) is 20.0 Å². The van der Waals surface area contributed by atoms with Gasteiger partial charge in [0.2, 0.25) is 0 Å². The highest BCUT2D eigenvalue weighted by molar-refractivity contribution is 7.47. The van der Waals surface area contributed by atoms with E-state index in [9.17, 15) is 9.46 Å². The molecule has 6 heteroatoms. The van der Waals surface area contributed by atoms with Crippen molar-refractivity contribution in [3.8, 4) is 0 Å². The van der Waals surface area contributed by atoms with E-state index in [1.165, 1.54) is 5.56 Å². The van der Waals surface area contributed by atoms with Gasteiger partial charge in [0.25, 0.3) is 0 Å². The highest BCUT2D eigenvalue weighted by Gasteiger charge is 2.21. The Morgan fingerprint density at radius 3 is 2.30 bits per heavy atom. The number of likely N-dealkylation sites (N-methyl/N-ethyl adjacent to an activating group) is 1. The van der Waals surface area contributed by atoms with E-state index < -0.39 is 7.82 Å². The van der Waals surface area contributed by atoms with Crippen molar-refractivity contribution in [3.05, 3.63) is 35.9 Å². The Morgan fingerprint density at radius 1 is 1.10 bits per heavy atom. The smallest absolute Gasteiger partial charge is 0.329 e. The molecule has 20 heavy (non-hydrogen) atoms. The Labute approximate surface area is 121 Å². The van der Waals surface area contributed by atoms with Gasteiger partial charge in [-0.05, 0) is 18.4 Å². The second-order valence-electron chi connectivity index (χ2n) is 5.74. The summed E-state index contributed by atoms with van der Waals surface area (Å²) >= 11 is 0. The van der Waals surface area contributed by atoms with Gasteiger partial charge in [0.05, 0.1) is 27.7 Å². The lowest BCUT2D eigenvalue weighted by molar-refractivity contribution is -0.870. The molecule has 0 spiro atoms. The third-order valence-electron chi connectivity index (χ3n) is 2.72. The molecular weight excluding hydrogens is 277 g/mol. The Kier molecular flexibility index (Phi) is 6.86. The third kappa shape index (κ3) is 8.46. The summed E-state index contributed by atoms with van der Waals surface area (Å²) in [5, 5.41) is 0. The van der Waals surface area contributed by atoms with Crippen molar-refractivity contribution in [1.82, 2.24) is 0 Å². The molecule has 0 amide bonds. The number of phosphoric ester groups is 1. The summed E-state index contributed by atoms with van der Waals surface area (Å²) in [6.45, 7) is 1.07. The van der Waals surface area contributed by atoms with Crippen LogP contribution in [0.15, 0.2) is 30.3 Å². The number of hydrogen-bond acceptors (Lipinski definition) is 3. The van der Waals surface area contributed by atoms with E-state index in [1.54, 1.807) is 0 Å². The molecule has 0 aliphatic carbocycles. The number of aryl methyl sites for hydroxylation is 1. The maximum absolute atomic E-state index is 11.6. The zero-order chi connectivity index (χ0) is 15.1. The summed E-state index contributed by atoms with van der Waals surface area (Å²) < 4.78 is 22.2. The zero-order valence-electron chi connectivity index (χ0n) is 12.5. The van der Waals surface area contributed by atoms with Crippen molar-refractivity contribution >= 4 is 7.82 Å². The van der Waals surface area contributed by atoms with Crippen LogP contribution in [0.5, 0.6) is 0 Å². The second kappa shape index (κ2) is 7.91. The molecule has 0 fully saturated rings. The molecule has 1 rings (SSSR count). The molecule has 0 aliphatic rings. The first-order valence-electron chi connectivity index (χ1n) is 6.75. The average Bonchev–Trinajstić information content (AvgIpc) is 2.34. The Balaban J connectivity index is 2.18. The van der Waals surface area contributed by atoms with Gasteiger partial charge >= 0.3 is 7.82 Å². The number of phosphoric acid groups is 1. The lowest BCUT2D eigenvalue weighted by Gasteiger charge is -2.24. The van der Waals surface area contributed by atoms with Crippen molar-refractivity contribution in [2.24, 2.45) is 0 Å². The molecule has 1 N–H and O–H groups in total. The molecule has 1 aromatic carbocycles. The van der Waals surface area contributed by atoms with Gasteiger partial charge in [-0.3, -0.25) is 9.05 Å². The van der Waals surface area contributed by atoms with E-state index in [1.807, 2.05) is 51.5 Å². The van der Waals surface area contributed by atoms with Crippen LogP contribution in [0.25, 0.3) is 0 Å². The molecule has 1 aromatic rings. The minimum absolute atomic E-state index is 0.204. The molecular formula is C14H25NO4P+. The van der Waals surface area contributed by atoms with Crippen LogP contribution in [0.1, 0.15) is 12.0 Å². The van der Waals surface area contributed by atoms with Gasteiger partial charge in [0.1, 0.15) is 13.2 Å². The molecule has 1 atom stereocenters. The van der Waals surface area contributed by atoms with Gasteiger partial charge in [-0.15, -0.1) is 0 Å². The Bertz CT molecular complexity index is 431. The maximum Gasteiger partial charge on any atom is 0.472 e. The number of benzene rings is 1. The molecule has 114 valence electrons. The van der Waals surface area contributed by atoms with E-state index >= 15 is 0 Å². The normalized spacial score (nSPS) is 15.0. The molecule has 0 radical (unpaired) electrons. The molecule has 0 saturated carbocycles. The fourth-order valence-electron chi connectivity index (χ4n) is 1.57. The summed E-state index contributed by atoms with van der Waals surface area (Å²) in [6, 6.07) is 9.96. The summed E-state index contributed by atoms with van der Waals surface area (Å²) in [7, 11) is 2.07. The fraction of sp³-hybridized carbons (Fsp3) is 0.571. The summed E-state index contributed by atoms with van der Waals surface area (Å²) in [5.41, 5.74) is 1.19. The molecule has 0 aliphatic heterocycles. The van der Waals surface area contributed by atoms with Crippen LogP contribution in [-0.4, -0.2) is 50.3 Å². The summed E-state index contributed by atoms with van der Waals surface area (Å²) in [6.07, 6.45) is 1.51. The average molecular weight is 302 g/mol. The summed E-state index contributed by atoms with van der Waals surface area (Å²) in [4.78, 5) is 9.51. The lowest BCUT2D eigenvalue weighted by atomic mass is 10.1. The first kappa shape index (κ1) is 17.3. The van der Waals surface area contributed by atoms with E-state index in [-0.39, 0.29) is 13.2 Å². The second-order valence-corrected chi connectivity index (χ2v) is 7.19. The van der Waals surface area contributed by atoms with Gasteiger partial charge in [-0.25, -0.2) is 4.57 Å². The summed E-state index contributed by atoms with van der Waals surface area (Å²) in [5.74, 6) is 0. The number of hydrogen-bond donors (Lipinski definition) is 1. The predicted molar refractivity (Wildman–Crippen MR) is 79.4 cm³/mol. The fourth-order valence-corrected chi connectivity index (χ4v) is 2.31. The topological polar surface area (TPSA) is 55.8 Å². The van der Waals surface area contributed by atoms with Crippen LogP contribution in [0.2, 0.25) is 0 Å². The molecule has 0 heterocycles. The maximum atomic E-state index is 11.6. The number of rotatable bonds is 9. The molecule has 0 saturated heterocycles. The van der Waals surface area contributed by atoms with Crippen molar-refractivity contribution in [2.45, 2.75) is 12.8 Å². The standard InChI is InChI=1S/C14H24NO4P/c1-15(2,3)11-13-19-20(16,17)18-12-7-10-14-8-5-4-6-9-14/h4-6,8-9H,7,10-13H2,1-3H3/p+1. The number of quaternary nitrogens is 1. The van der Waals surface area contributed by atoms with Gasteiger partial charge < -0.3 is 9.38 Å². The SMILES string of the molecule is C[N+](C)(C)CCOP(=O)(O)OCCCc1ccccc1. The van der Waals surface area contributed by atoms with Crippen molar-refractivity contribution < 1.29 is 23.0 Å². The highest BCUT2D eigenvalue weighted by atomic mass is 31.2. The van der Waals surface area contributed by atoms with Crippen LogP contribution >= 0.6 is 7.82 Å². The minimum atomic E-state index is -3.91. The monoisotopic (exact) mass is 302 g/mol. The van der Waals surface area contributed by atoms with Crippen molar-refractivity contribution in [2.75, 3.05) is 40.9 Å². The Morgan fingerprint density at radius 2 is 1.70 bits per heavy atom. The van der Waals surface area contributed by atoms with Crippen molar-refractivity contribution in [1.29, 1.82) is 0 Å². The molecule has 5 nitrogen and oxygen atoms in total. The Hall–Kier alpha value is -0.710. The van der Waals surface area contributed by atoms with E-state index in [4.69, 9.17) is 9.05 Å². The van der Waals surface area contributed by atoms with Crippen molar-refractivity contribution in [3.63, 3.8) is 0 Å². The first-order valence-corrected chi connectivity index (χ1v) is 8.24. The first-order chi connectivity index (χ1) is 9.29. The largest absolute Gasteiger partial charge is 0.472 e. The third-order valence-corrected chi connectivity index (χ3v) is 3.74. The molecule has 0 aromatic heterocycles. The number of nitrogens with zero attached hydrogens (tertiary/aromatic N) is 1. The van der Waals surface area contributed by atoms with Crippen LogP contribution in [0.4, 0.5) is 0 Å². The molecule has 0 bridgehead atoms. The lowest BCUT2D eigenvalue weighted by Crippen LogP contribution is -2.37. The van der Waals surface area contributed by atoms with Gasteiger partial charge in [0.15, 0.2) is 0 Å². The van der Waals surface area contributed by atoms with E-state index in [2.05, 4.69) is 0 Å². The van der Waals surface area contributed by atoms with Gasteiger partial charge in [-0.1, -0.05) is 30.3 Å². The van der Waals surface area contributed by atoms with Gasteiger partial charge in [-0.2, -0.15) is 0 Å². The highest BCUT2D eigenvalue weighted by Crippen LogP contribution is 2.43. The van der Waals surface area contributed by atoms with Gasteiger partial charge in [0, 0.05) is 0 Å².